The molecule has 1 aromatic carbocycles. The van der Waals surface area contributed by atoms with E-state index in [1.165, 1.54) is 17.4 Å². The molecule has 1 aliphatic heterocycles. The van der Waals surface area contributed by atoms with Crippen LogP contribution in [0.2, 0.25) is 4.34 Å². The van der Waals surface area contributed by atoms with Crippen LogP contribution in [-0.4, -0.2) is 25.0 Å². The Bertz CT molecular complexity index is 767. The molecule has 1 fully saturated rings. The predicted molar refractivity (Wildman–Crippen MR) is 96.3 cm³/mol. The van der Waals surface area contributed by atoms with Crippen LogP contribution in [0.3, 0.4) is 0 Å². The van der Waals surface area contributed by atoms with Crippen molar-refractivity contribution >= 4 is 28.8 Å². The Balaban J connectivity index is 1.74. The number of carbonyl (C=O) groups is 1. The van der Waals surface area contributed by atoms with Gasteiger partial charge in [-0.1, -0.05) is 17.7 Å². The first-order chi connectivity index (χ1) is 12.0. The third-order valence-corrected chi connectivity index (χ3v) is 6.01. The van der Waals surface area contributed by atoms with Crippen LogP contribution in [0.25, 0.3) is 0 Å². The van der Waals surface area contributed by atoms with Crippen LogP contribution in [0.1, 0.15) is 35.6 Å². The lowest BCUT2D eigenvalue weighted by atomic mass is 9.85. The van der Waals surface area contributed by atoms with Gasteiger partial charge >= 0.3 is 0 Å². The van der Waals surface area contributed by atoms with Gasteiger partial charge in [-0.3, -0.25) is 4.79 Å². The lowest BCUT2D eigenvalue weighted by molar-refractivity contribution is -0.123. The Hall–Kier alpha value is -1.50. The lowest BCUT2D eigenvalue weighted by Crippen LogP contribution is -2.50. The molecule has 134 valence electrons. The number of halogens is 3. The largest absolute Gasteiger partial charge is 0.351 e. The fourth-order valence-corrected chi connectivity index (χ4v) is 4.26. The summed E-state index contributed by atoms with van der Waals surface area (Å²) in [5.41, 5.74) is 0.706. The number of hydrogen-bond acceptors (Lipinski definition) is 3. The van der Waals surface area contributed by atoms with Crippen molar-refractivity contribution in [1.82, 2.24) is 10.6 Å². The molecule has 0 bridgehead atoms. The van der Waals surface area contributed by atoms with Gasteiger partial charge < -0.3 is 10.6 Å². The molecule has 0 aliphatic carbocycles. The van der Waals surface area contributed by atoms with E-state index in [9.17, 15) is 13.6 Å². The molecule has 0 spiro atoms. The number of benzene rings is 1. The summed E-state index contributed by atoms with van der Waals surface area (Å²) in [6.45, 7) is 3.19. The molecule has 3 unspecified atom stereocenters. The first kappa shape index (κ1) is 18.3. The molecule has 2 heterocycles. The highest BCUT2D eigenvalue weighted by molar-refractivity contribution is 7.16. The smallest absolute Gasteiger partial charge is 0.228 e. The molecule has 2 N–H and O–H groups in total. The highest BCUT2D eigenvalue weighted by Gasteiger charge is 2.30. The van der Waals surface area contributed by atoms with Crippen molar-refractivity contribution in [2.24, 2.45) is 0 Å². The average molecular weight is 385 g/mol. The summed E-state index contributed by atoms with van der Waals surface area (Å²) in [5.74, 6) is -2.19. The highest BCUT2D eigenvalue weighted by Crippen LogP contribution is 2.30. The molecule has 0 radical (unpaired) electrons. The van der Waals surface area contributed by atoms with Crippen LogP contribution in [0, 0.1) is 11.6 Å². The topological polar surface area (TPSA) is 41.1 Å². The first-order valence-corrected chi connectivity index (χ1v) is 9.36. The maximum absolute atomic E-state index is 13.6. The van der Waals surface area contributed by atoms with E-state index in [-0.39, 0.29) is 23.8 Å². The van der Waals surface area contributed by atoms with Crippen molar-refractivity contribution in [3.05, 3.63) is 56.7 Å². The first-order valence-electron chi connectivity index (χ1n) is 8.17. The van der Waals surface area contributed by atoms with E-state index < -0.39 is 11.6 Å². The number of thiophene rings is 1. The molecule has 1 amide bonds. The zero-order chi connectivity index (χ0) is 18.0. The molecule has 3 nitrogen and oxygen atoms in total. The lowest BCUT2D eigenvalue weighted by Gasteiger charge is -2.34. The third-order valence-electron chi connectivity index (χ3n) is 4.60. The molecule has 3 atom stereocenters. The number of amides is 1. The maximum Gasteiger partial charge on any atom is 0.228 e. The monoisotopic (exact) mass is 384 g/mol. The second-order valence-electron chi connectivity index (χ2n) is 6.25. The molecular weight excluding hydrogens is 366 g/mol. The number of piperidine rings is 1. The maximum atomic E-state index is 13.6. The Labute approximate surface area is 154 Å². The minimum atomic E-state index is -0.860. The van der Waals surface area contributed by atoms with Crippen molar-refractivity contribution in [2.75, 3.05) is 13.1 Å². The van der Waals surface area contributed by atoms with Gasteiger partial charge in [0.25, 0.3) is 0 Å². The molecule has 25 heavy (non-hydrogen) atoms. The van der Waals surface area contributed by atoms with E-state index in [1.807, 2.05) is 13.0 Å². The van der Waals surface area contributed by atoms with Gasteiger partial charge in [0, 0.05) is 23.4 Å². The summed E-state index contributed by atoms with van der Waals surface area (Å²) in [6.07, 6.45) is 0.745. The van der Waals surface area contributed by atoms with Gasteiger partial charge in [0.2, 0.25) is 5.91 Å². The van der Waals surface area contributed by atoms with Crippen molar-refractivity contribution < 1.29 is 13.6 Å². The predicted octanol–water partition coefficient (Wildman–Crippen LogP) is 4.05. The van der Waals surface area contributed by atoms with E-state index in [0.29, 0.717) is 16.4 Å². The van der Waals surface area contributed by atoms with Crippen LogP contribution < -0.4 is 10.6 Å². The molecule has 1 aromatic heterocycles. The van der Waals surface area contributed by atoms with Gasteiger partial charge in [0.15, 0.2) is 11.6 Å². The Morgan fingerprint density at radius 3 is 2.80 bits per heavy atom. The SMILES string of the molecule is CC(C(=O)NC1CNCCC1c1ccc(F)c(F)c1)c1ccc(Cl)s1. The van der Waals surface area contributed by atoms with Crippen LogP contribution in [0.15, 0.2) is 30.3 Å². The van der Waals surface area contributed by atoms with E-state index in [0.717, 1.165) is 23.9 Å². The van der Waals surface area contributed by atoms with Crippen molar-refractivity contribution in [3.63, 3.8) is 0 Å². The minimum Gasteiger partial charge on any atom is -0.351 e. The summed E-state index contributed by atoms with van der Waals surface area (Å²) in [7, 11) is 0. The third kappa shape index (κ3) is 4.19. The van der Waals surface area contributed by atoms with E-state index in [4.69, 9.17) is 11.6 Å². The molecule has 0 saturated carbocycles. The number of nitrogens with one attached hydrogen (secondary N) is 2. The number of hydrogen-bond donors (Lipinski definition) is 2. The van der Waals surface area contributed by atoms with Crippen LogP contribution in [-0.2, 0) is 4.79 Å². The Morgan fingerprint density at radius 2 is 2.12 bits per heavy atom. The van der Waals surface area contributed by atoms with Crippen LogP contribution in [0.5, 0.6) is 0 Å². The average Bonchev–Trinajstić information content (AvgIpc) is 3.03. The van der Waals surface area contributed by atoms with Crippen molar-refractivity contribution in [2.45, 2.75) is 31.2 Å². The summed E-state index contributed by atoms with van der Waals surface area (Å²) in [4.78, 5) is 13.5. The molecular formula is C18H19ClF2N2OS. The number of rotatable bonds is 4. The molecule has 1 saturated heterocycles. The number of carbonyl (C=O) groups excluding carboxylic acids is 1. The van der Waals surface area contributed by atoms with Gasteiger partial charge in [-0.15, -0.1) is 11.3 Å². The second kappa shape index (κ2) is 7.81. The minimum absolute atomic E-state index is 0.0561. The fraction of sp³-hybridized carbons (Fsp3) is 0.389. The fourth-order valence-electron chi connectivity index (χ4n) is 3.15. The van der Waals surface area contributed by atoms with Crippen molar-refractivity contribution in [1.29, 1.82) is 0 Å². The van der Waals surface area contributed by atoms with Crippen molar-refractivity contribution in [3.8, 4) is 0 Å². The van der Waals surface area contributed by atoms with Gasteiger partial charge in [0.1, 0.15) is 0 Å². The summed E-state index contributed by atoms with van der Waals surface area (Å²) < 4.78 is 27.4. The zero-order valence-corrected chi connectivity index (χ0v) is 15.3. The summed E-state index contributed by atoms with van der Waals surface area (Å²) >= 11 is 7.33. The van der Waals surface area contributed by atoms with E-state index in [2.05, 4.69) is 10.6 Å². The molecule has 1 aliphatic rings. The normalized spacial score (nSPS) is 21.8. The molecule has 3 rings (SSSR count). The van der Waals surface area contributed by atoms with Gasteiger partial charge in [0.05, 0.1) is 10.3 Å². The van der Waals surface area contributed by atoms with Gasteiger partial charge in [-0.05, 0) is 49.7 Å². The molecule has 7 heteroatoms. The van der Waals surface area contributed by atoms with Crippen LogP contribution >= 0.6 is 22.9 Å². The Kier molecular flexibility index (Phi) is 5.71. The second-order valence-corrected chi connectivity index (χ2v) is 8.00. The van der Waals surface area contributed by atoms with E-state index >= 15 is 0 Å². The van der Waals surface area contributed by atoms with E-state index in [1.54, 1.807) is 12.1 Å². The zero-order valence-electron chi connectivity index (χ0n) is 13.7. The highest BCUT2D eigenvalue weighted by atomic mass is 35.5. The summed E-state index contributed by atoms with van der Waals surface area (Å²) in [5, 5.41) is 6.30. The quantitative estimate of drug-likeness (QED) is 0.835. The van der Waals surface area contributed by atoms with Crippen LogP contribution in [0.4, 0.5) is 8.78 Å². The summed E-state index contributed by atoms with van der Waals surface area (Å²) in [6, 6.07) is 7.41. The van der Waals surface area contributed by atoms with Gasteiger partial charge in [-0.25, -0.2) is 8.78 Å². The Morgan fingerprint density at radius 1 is 1.32 bits per heavy atom. The van der Waals surface area contributed by atoms with Gasteiger partial charge in [-0.2, -0.15) is 0 Å². The standard InChI is InChI=1S/C18H19ClF2N2OS/c1-10(16-4-5-17(19)25-16)18(24)23-15-9-22-7-6-12(15)11-2-3-13(20)14(21)8-11/h2-5,8,10,12,15,22H,6-7,9H2,1H3,(H,23,24). The molecule has 2 aromatic rings.